The van der Waals surface area contributed by atoms with E-state index >= 15 is 0 Å². The molecule has 1 aromatic carbocycles. The Kier molecular flexibility index (Phi) is 3.24. The predicted molar refractivity (Wildman–Crippen MR) is 68.5 cm³/mol. The molecular formula is C13H13N3O4. The number of ether oxygens (including phenoxy) is 2. The normalized spacial score (nSPS) is 12.4. The van der Waals surface area contributed by atoms with Crippen molar-refractivity contribution >= 4 is 5.91 Å². The summed E-state index contributed by atoms with van der Waals surface area (Å²) in [4.78, 5) is 11.7. The number of rotatable bonds is 4. The van der Waals surface area contributed by atoms with E-state index in [0.717, 1.165) is 6.42 Å². The third-order valence-corrected chi connectivity index (χ3v) is 2.77. The first-order valence-corrected chi connectivity index (χ1v) is 6.29. The van der Waals surface area contributed by atoms with Crippen molar-refractivity contribution in [3.05, 3.63) is 24.1 Å². The Morgan fingerprint density at radius 3 is 3.00 bits per heavy atom. The molecule has 3 rings (SSSR count). The number of hydrogen-bond acceptors (Lipinski definition) is 6. The predicted octanol–water partition coefficient (Wildman–Crippen LogP) is 1.61. The van der Waals surface area contributed by atoms with Gasteiger partial charge in [-0.25, -0.2) is 0 Å². The van der Waals surface area contributed by atoms with E-state index in [1.165, 1.54) is 0 Å². The van der Waals surface area contributed by atoms with Crippen molar-refractivity contribution in [3.63, 3.8) is 0 Å². The van der Waals surface area contributed by atoms with Crippen molar-refractivity contribution < 1.29 is 18.7 Å². The Balaban J connectivity index is 1.81. The summed E-state index contributed by atoms with van der Waals surface area (Å²) in [6.07, 6.45) is 0.842. The first-order chi connectivity index (χ1) is 9.78. The van der Waals surface area contributed by atoms with Crippen LogP contribution in [-0.2, 0) is 0 Å². The second kappa shape index (κ2) is 5.20. The van der Waals surface area contributed by atoms with Crippen LogP contribution in [0, 0.1) is 0 Å². The SMILES string of the molecule is CCCNC(=O)c1nnc(-c2ccc3c(c2)OCO3)o1. The minimum Gasteiger partial charge on any atom is -0.454 e. The summed E-state index contributed by atoms with van der Waals surface area (Å²) in [6, 6.07) is 5.27. The number of nitrogens with zero attached hydrogens (tertiary/aromatic N) is 2. The topological polar surface area (TPSA) is 86.5 Å². The number of amides is 1. The zero-order chi connectivity index (χ0) is 13.9. The number of benzene rings is 1. The molecule has 0 unspecified atom stereocenters. The highest BCUT2D eigenvalue weighted by Crippen LogP contribution is 2.35. The molecule has 7 heteroatoms. The van der Waals surface area contributed by atoms with Gasteiger partial charge in [0.25, 0.3) is 0 Å². The van der Waals surface area contributed by atoms with E-state index in [-0.39, 0.29) is 24.5 Å². The van der Waals surface area contributed by atoms with Gasteiger partial charge in [-0.2, -0.15) is 0 Å². The summed E-state index contributed by atoms with van der Waals surface area (Å²) in [5, 5.41) is 10.3. The van der Waals surface area contributed by atoms with Gasteiger partial charge >= 0.3 is 11.8 Å². The molecule has 0 aliphatic carbocycles. The third-order valence-electron chi connectivity index (χ3n) is 2.77. The van der Waals surface area contributed by atoms with Gasteiger partial charge in [-0.15, -0.1) is 10.2 Å². The summed E-state index contributed by atoms with van der Waals surface area (Å²) in [5.41, 5.74) is 0.677. The highest BCUT2D eigenvalue weighted by molar-refractivity contribution is 5.89. The van der Waals surface area contributed by atoms with Gasteiger partial charge in [0.1, 0.15) is 0 Å². The molecule has 0 saturated heterocycles. The van der Waals surface area contributed by atoms with Crippen molar-refractivity contribution in [3.8, 4) is 23.0 Å². The van der Waals surface area contributed by atoms with Gasteiger partial charge in [0.2, 0.25) is 12.7 Å². The Morgan fingerprint density at radius 2 is 2.15 bits per heavy atom. The number of hydrogen-bond donors (Lipinski definition) is 1. The van der Waals surface area contributed by atoms with Crippen molar-refractivity contribution in [1.29, 1.82) is 0 Å². The molecule has 0 saturated carbocycles. The molecule has 2 aromatic rings. The highest BCUT2D eigenvalue weighted by Gasteiger charge is 2.18. The summed E-state index contributed by atoms with van der Waals surface area (Å²) in [6.45, 7) is 2.74. The van der Waals surface area contributed by atoms with Crippen LogP contribution in [0.1, 0.15) is 24.0 Å². The lowest BCUT2D eigenvalue weighted by Gasteiger charge is -1.99. The molecule has 0 spiro atoms. The van der Waals surface area contributed by atoms with E-state index in [1.807, 2.05) is 6.92 Å². The van der Waals surface area contributed by atoms with Crippen molar-refractivity contribution in [2.45, 2.75) is 13.3 Å². The number of aromatic nitrogens is 2. The lowest BCUT2D eigenvalue weighted by molar-refractivity contribution is 0.0919. The molecule has 1 aliphatic heterocycles. The maximum Gasteiger partial charge on any atom is 0.308 e. The van der Waals surface area contributed by atoms with Crippen LogP contribution in [0.4, 0.5) is 0 Å². The molecule has 0 atom stereocenters. The second-order valence-electron chi connectivity index (χ2n) is 4.24. The Bertz CT molecular complexity index is 638. The summed E-state index contributed by atoms with van der Waals surface area (Å²) < 4.78 is 15.9. The van der Waals surface area contributed by atoms with E-state index in [2.05, 4.69) is 15.5 Å². The van der Waals surface area contributed by atoms with Crippen LogP contribution < -0.4 is 14.8 Å². The molecule has 1 aromatic heterocycles. The van der Waals surface area contributed by atoms with E-state index < -0.39 is 0 Å². The van der Waals surface area contributed by atoms with Crippen molar-refractivity contribution in [2.75, 3.05) is 13.3 Å². The standard InChI is InChI=1S/C13H13N3O4/c1-2-5-14-11(17)13-16-15-12(20-13)8-3-4-9-10(6-8)19-7-18-9/h3-4,6H,2,5,7H2,1H3,(H,14,17). The fourth-order valence-corrected chi connectivity index (χ4v) is 1.78. The third kappa shape index (κ3) is 2.29. The minimum atomic E-state index is -0.369. The van der Waals surface area contributed by atoms with Gasteiger partial charge in [-0.05, 0) is 24.6 Å². The zero-order valence-electron chi connectivity index (χ0n) is 10.9. The van der Waals surface area contributed by atoms with E-state index in [4.69, 9.17) is 13.9 Å². The molecule has 1 amide bonds. The van der Waals surface area contributed by atoms with Crippen LogP contribution in [0.5, 0.6) is 11.5 Å². The fraction of sp³-hybridized carbons (Fsp3) is 0.308. The van der Waals surface area contributed by atoms with Crippen LogP contribution in [-0.4, -0.2) is 29.4 Å². The number of nitrogens with one attached hydrogen (secondary N) is 1. The van der Waals surface area contributed by atoms with Gasteiger partial charge in [-0.1, -0.05) is 6.92 Å². The number of carbonyl (C=O) groups excluding carboxylic acids is 1. The van der Waals surface area contributed by atoms with Crippen LogP contribution in [0.2, 0.25) is 0 Å². The molecule has 1 N–H and O–H groups in total. The maximum atomic E-state index is 11.7. The van der Waals surface area contributed by atoms with Crippen molar-refractivity contribution in [2.24, 2.45) is 0 Å². The van der Waals surface area contributed by atoms with Crippen LogP contribution >= 0.6 is 0 Å². The first kappa shape index (κ1) is 12.5. The zero-order valence-corrected chi connectivity index (χ0v) is 10.9. The smallest absolute Gasteiger partial charge is 0.308 e. The van der Waals surface area contributed by atoms with Crippen molar-refractivity contribution in [1.82, 2.24) is 15.5 Å². The molecule has 7 nitrogen and oxygen atoms in total. The molecule has 0 radical (unpaired) electrons. The summed E-state index contributed by atoms with van der Waals surface area (Å²) in [7, 11) is 0. The molecule has 1 aliphatic rings. The summed E-state index contributed by atoms with van der Waals surface area (Å²) >= 11 is 0. The van der Waals surface area contributed by atoms with Gasteiger partial charge in [0, 0.05) is 12.1 Å². The molecule has 0 bridgehead atoms. The van der Waals surface area contributed by atoms with Crippen LogP contribution in [0.15, 0.2) is 22.6 Å². The lowest BCUT2D eigenvalue weighted by Crippen LogP contribution is -2.24. The molecule has 2 heterocycles. The Labute approximate surface area is 114 Å². The average Bonchev–Trinajstić information content (AvgIpc) is 3.12. The number of fused-ring (bicyclic) bond motifs is 1. The molecular weight excluding hydrogens is 262 g/mol. The monoisotopic (exact) mass is 275 g/mol. The van der Waals surface area contributed by atoms with E-state index in [9.17, 15) is 4.79 Å². The minimum absolute atomic E-state index is 0.0499. The van der Waals surface area contributed by atoms with E-state index in [1.54, 1.807) is 18.2 Å². The van der Waals surface area contributed by atoms with Crippen LogP contribution in [0.25, 0.3) is 11.5 Å². The summed E-state index contributed by atoms with van der Waals surface area (Å²) in [5.74, 6) is 1.15. The Hall–Kier alpha value is -2.57. The fourth-order valence-electron chi connectivity index (χ4n) is 1.78. The van der Waals surface area contributed by atoms with Gasteiger partial charge < -0.3 is 19.2 Å². The van der Waals surface area contributed by atoms with Gasteiger partial charge in [-0.3, -0.25) is 4.79 Å². The van der Waals surface area contributed by atoms with Crippen LogP contribution in [0.3, 0.4) is 0 Å². The number of carbonyl (C=O) groups is 1. The first-order valence-electron chi connectivity index (χ1n) is 6.29. The van der Waals surface area contributed by atoms with Gasteiger partial charge in [0.15, 0.2) is 11.5 Å². The molecule has 104 valence electrons. The quantitative estimate of drug-likeness (QED) is 0.912. The Morgan fingerprint density at radius 1 is 1.30 bits per heavy atom. The largest absolute Gasteiger partial charge is 0.454 e. The lowest BCUT2D eigenvalue weighted by atomic mass is 10.2. The molecule has 0 fully saturated rings. The van der Waals surface area contributed by atoms with Gasteiger partial charge in [0.05, 0.1) is 0 Å². The van der Waals surface area contributed by atoms with E-state index in [0.29, 0.717) is 23.6 Å². The second-order valence-corrected chi connectivity index (χ2v) is 4.24. The molecule has 20 heavy (non-hydrogen) atoms. The maximum absolute atomic E-state index is 11.7. The highest BCUT2D eigenvalue weighted by atomic mass is 16.7. The average molecular weight is 275 g/mol.